The smallest absolute Gasteiger partial charge is 0.156 e. The van der Waals surface area contributed by atoms with E-state index in [4.69, 9.17) is 0 Å². The molecule has 1 saturated heterocycles. The van der Waals surface area contributed by atoms with Gasteiger partial charge in [0.15, 0.2) is 11.5 Å². The van der Waals surface area contributed by atoms with Crippen molar-refractivity contribution < 1.29 is 0 Å². The zero-order valence-electron chi connectivity index (χ0n) is 9.72. The standard InChI is InChI=1S/C12H16N4/c1-9-3-4-11-13-12(14-16(11)7-9)10-5-6-15(2)8-10/h3-4,7,10H,5-6,8H2,1-2H3. The normalized spacial score (nSPS) is 22.0. The number of pyridine rings is 1. The highest BCUT2D eigenvalue weighted by atomic mass is 15.3. The molecule has 0 aliphatic carbocycles. The van der Waals surface area contributed by atoms with Crippen LogP contribution in [-0.4, -0.2) is 39.6 Å². The Morgan fingerprint density at radius 1 is 1.38 bits per heavy atom. The molecule has 0 aromatic carbocycles. The van der Waals surface area contributed by atoms with Crippen molar-refractivity contribution >= 4 is 5.65 Å². The van der Waals surface area contributed by atoms with E-state index >= 15 is 0 Å². The first-order valence-corrected chi connectivity index (χ1v) is 5.74. The largest absolute Gasteiger partial charge is 0.306 e. The molecular formula is C12H16N4. The molecule has 0 amide bonds. The Labute approximate surface area is 94.9 Å². The first kappa shape index (κ1) is 9.78. The van der Waals surface area contributed by atoms with Gasteiger partial charge in [-0.25, -0.2) is 9.50 Å². The van der Waals surface area contributed by atoms with Crippen molar-refractivity contribution in [2.24, 2.45) is 0 Å². The van der Waals surface area contributed by atoms with Crippen molar-refractivity contribution in [1.29, 1.82) is 0 Å². The highest BCUT2D eigenvalue weighted by Gasteiger charge is 2.24. The zero-order valence-corrected chi connectivity index (χ0v) is 9.72. The average Bonchev–Trinajstić information content (AvgIpc) is 2.83. The van der Waals surface area contributed by atoms with Crippen molar-refractivity contribution in [3.8, 4) is 0 Å². The number of fused-ring (bicyclic) bond motifs is 1. The lowest BCUT2D eigenvalue weighted by Crippen LogP contribution is -2.13. The van der Waals surface area contributed by atoms with E-state index in [9.17, 15) is 0 Å². The summed E-state index contributed by atoms with van der Waals surface area (Å²) in [5.74, 6) is 1.50. The lowest BCUT2D eigenvalue weighted by atomic mass is 10.1. The molecular weight excluding hydrogens is 200 g/mol. The molecule has 3 rings (SSSR count). The molecule has 1 unspecified atom stereocenters. The lowest BCUT2D eigenvalue weighted by molar-refractivity contribution is 0.409. The molecule has 1 aliphatic rings. The third kappa shape index (κ3) is 1.59. The van der Waals surface area contributed by atoms with Gasteiger partial charge in [-0.1, -0.05) is 6.07 Å². The number of nitrogens with zero attached hydrogens (tertiary/aromatic N) is 4. The summed E-state index contributed by atoms with van der Waals surface area (Å²) in [6.45, 7) is 4.30. The first-order chi connectivity index (χ1) is 7.72. The summed E-state index contributed by atoms with van der Waals surface area (Å²) < 4.78 is 1.89. The van der Waals surface area contributed by atoms with Gasteiger partial charge in [-0.3, -0.25) is 0 Å². The third-order valence-corrected chi connectivity index (χ3v) is 3.25. The monoisotopic (exact) mass is 216 g/mol. The van der Waals surface area contributed by atoms with E-state index in [2.05, 4.69) is 35.0 Å². The minimum Gasteiger partial charge on any atom is -0.306 e. The summed E-state index contributed by atoms with van der Waals surface area (Å²) in [5, 5.41) is 4.57. The Morgan fingerprint density at radius 2 is 2.25 bits per heavy atom. The fourth-order valence-corrected chi connectivity index (χ4v) is 2.32. The van der Waals surface area contributed by atoms with Crippen LogP contribution in [0, 0.1) is 6.92 Å². The molecule has 0 spiro atoms. The van der Waals surface area contributed by atoms with E-state index < -0.39 is 0 Å². The van der Waals surface area contributed by atoms with Crippen LogP contribution in [0.15, 0.2) is 18.3 Å². The topological polar surface area (TPSA) is 33.4 Å². The Hall–Kier alpha value is -1.42. The van der Waals surface area contributed by atoms with E-state index in [0.717, 1.165) is 24.6 Å². The zero-order chi connectivity index (χ0) is 11.1. The molecule has 1 aliphatic heterocycles. The van der Waals surface area contributed by atoms with Gasteiger partial charge in [0.2, 0.25) is 0 Å². The van der Waals surface area contributed by atoms with E-state index in [-0.39, 0.29) is 0 Å². The van der Waals surface area contributed by atoms with E-state index in [1.54, 1.807) is 0 Å². The van der Waals surface area contributed by atoms with Crippen LogP contribution >= 0.6 is 0 Å². The van der Waals surface area contributed by atoms with Crippen molar-refractivity contribution in [2.75, 3.05) is 20.1 Å². The number of aromatic nitrogens is 3. The maximum absolute atomic E-state index is 4.60. The summed E-state index contributed by atoms with van der Waals surface area (Å²) in [6.07, 6.45) is 3.21. The third-order valence-electron chi connectivity index (χ3n) is 3.25. The second kappa shape index (κ2) is 3.56. The van der Waals surface area contributed by atoms with Gasteiger partial charge in [-0.15, -0.1) is 0 Å². The Balaban J connectivity index is 1.99. The van der Waals surface area contributed by atoms with E-state index in [0.29, 0.717) is 5.92 Å². The molecule has 0 N–H and O–H groups in total. The maximum Gasteiger partial charge on any atom is 0.156 e. The van der Waals surface area contributed by atoms with Crippen LogP contribution in [0.2, 0.25) is 0 Å². The fraction of sp³-hybridized carbons (Fsp3) is 0.500. The number of likely N-dealkylation sites (tertiary alicyclic amines) is 1. The summed E-state index contributed by atoms with van der Waals surface area (Å²) in [7, 11) is 2.15. The van der Waals surface area contributed by atoms with Gasteiger partial charge >= 0.3 is 0 Å². The number of hydrogen-bond donors (Lipinski definition) is 0. The second-order valence-corrected chi connectivity index (χ2v) is 4.73. The second-order valence-electron chi connectivity index (χ2n) is 4.73. The molecule has 0 saturated carbocycles. The minimum atomic E-state index is 0.505. The molecule has 84 valence electrons. The minimum absolute atomic E-state index is 0.505. The van der Waals surface area contributed by atoms with Crippen molar-refractivity contribution in [1.82, 2.24) is 19.5 Å². The molecule has 1 fully saturated rings. The van der Waals surface area contributed by atoms with Gasteiger partial charge in [-0.2, -0.15) is 5.10 Å². The number of hydrogen-bond acceptors (Lipinski definition) is 3. The summed E-state index contributed by atoms with van der Waals surface area (Å²) in [6, 6.07) is 4.11. The Kier molecular flexibility index (Phi) is 2.17. The van der Waals surface area contributed by atoms with Crippen LogP contribution in [-0.2, 0) is 0 Å². The number of likely N-dealkylation sites (N-methyl/N-ethyl adjacent to an activating group) is 1. The maximum atomic E-state index is 4.60. The van der Waals surface area contributed by atoms with Gasteiger partial charge in [0.05, 0.1) is 0 Å². The van der Waals surface area contributed by atoms with Crippen LogP contribution in [0.4, 0.5) is 0 Å². The summed E-state index contributed by atoms with van der Waals surface area (Å²) in [4.78, 5) is 6.93. The molecule has 0 radical (unpaired) electrons. The quantitative estimate of drug-likeness (QED) is 0.723. The van der Waals surface area contributed by atoms with Crippen LogP contribution in [0.5, 0.6) is 0 Å². The van der Waals surface area contributed by atoms with E-state index in [1.165, 1.54) is 12.0 Å². The number of rotatable bonds is 1. The molecule has 4 nitrogen and oxygen atoms in total. The molecule has 16 heavy (non-hydrogen) atoms. The Morgan fingerprint density at radius 3 is 3.00 bits per heavy atom. The van der Waals surface area contributed by atoms with Crippen molar-refractivity contribution in [3.63, 3.8) is 0 Å². The van der Waals surface area contributed by atoms with Crippen LogP contribution in [0.25, 0.3) is 5.65 Å². The van der Waals surface area contributed by atoms with Gasteiger partial charge in [0.25, 0.3) is 0 Å². The number of aryl methyl sites for hydroxylation is 1. The Bertz CT molecular complexity index is 517. The SMILES string of the molecule is Cc1ccc2nc(C3CCN(C)C3)nn2c1. The van der Waals surface area contributed by atoms with Crippen LogP contribution in [0.3, 0.4) is 0 Å². The highest BCUT2D eigenvalue weighted by Crippen LogP contribution is 2.23. The predicted octanol–water partition coefficient (Wildman–Crippen LogP) is 1.46. The van der Waals surface area contributed by atoms with Gasteiger partial charge in [0, 0.05) is 18.7 Å². The van der Waals surface area contributed by atoms with Gasteiger partial charge in [0.1, 0.15) is 0 Å². The van der Waals surface area contributed by atoms with Crippen molar-refractivity contribution in [2.45, 2.75) is 19.3 Å². The first-order valence-electron chi connectivity index (χ1n) is 5.74. The van der Waals surface area contributed by atoms with Crippen LogP contribution in [0.1, 0.15) is 23.7 Å². The van der Waals surface area contributed by atoms with Gasteiger partial charge < -0.3 is 4.90 Å². The summed E-state index contributed by atoms with van der Waals surface area (Å²) in [5.41, 5.74) is 2.17. The molecule has 2 aromatic heterocycles. The predicted molar refractivity (Wildman–Crippen MR) is 62.6 cm³/mol. The molecule has 4 heteroatoms. The molecule has 2 aromatic rings. The molecule has 3 heterocycles. The fourth-order valence-electron chi connectivity index (χ4n) is 2.32. The van der Waals surface area contributed by atoms with Crippen molar-refractivity contribution in [3.05, 3.63) is 29.7 Å². The van der Waals surface area contributed by atoms with Crippen LogP contribution < -0.4 is 0 Å². The summed E-state index contributed by atoms with van der Waals surface area (Å²) >= 11 is 0. The lowest BCUT2D eigenvalue weighted by Gasteiger charge is -2.05. The average molecular weight is 216 g/mol. The molecule has 1 atom stereocenters. The van der Waals surface area contributed by atoms with Gasteiger partial charge in [-0.05, 0) is 38.6 Å². The molecule has 0 bridgehead atoms. The highest BCUT2D eigenvalue weighted by molar-refractivity contribution is 5.38. The van der Waals surface area contributed by atoms with E-state index in [1.807, 2.05) is 16.8 Å².